The largest absolute Gasteiger partial charge is 0.489 e. The van der Waals surface area contributed by atoms with Gasteiger partial charge in [-0.1, -0.05) is 42.1 Å². The Kier molecular flexibility index (Phi) is 7.35. The Morgan fingerprint density at radius 2 is 1.76 bits per heavy atom. The number of hydrogen-bond donors (Lipinski definition) is 1. The molecular formula is C22H22N4O2S. The monoisotopic (exact) mass is 406 g/mol. The average Bonchev–Trinajstić information content (AvgIpc) is 2.72. The average molecular weight is 407 g/mol. The zero-order valence-electron chi connectivity index (χ0n) is 16.3. The number of carbonyl (C=O) groups is 1. The molecule has 6 nitrogen and oxygen atoms in total. The summed E-state index contributed by atoms with van der Waals surface area (Å²) >= 11 is 1.28. The summed E-state index contributed by atoms with van der Waals surface area (Å²) in [7, 11) is 0. The number of nitrogens with one attached hydrogen (secondary N) is 1. The summed E-state index contributed by atoms with van der Waals surface area (Å²) < 4.78 is 5.75. The molecule has 0 bridgehead atoms. The number of aromatic nitrogens is 2. The number of rotatable bonds is 8. The van der Waals surface area contributed by atoms with E-state index in [9.17, 15) is 4.79 Å². The van der Waals surface area contributed by atoms with Gasteiger partial charge in [-0.15, -0.1) is 0 Å². The van der Waals surface area contributed by atoms with Crippen LogP contribution >= 0.6 is 11.8 Å². The lowest BCUT2D eigenvalue weighted by atomic mass is 10.2. The third kappa shape index (κ3) is 7.04. The molecule has 1 amide bonds. The van der Waals surface area contributed by atoms with Gasteiger partial charge in [0.15, 0.2) is 5.16 Å². The van der Waals surface area contributed by atoms with Gasteiger partial charge in [0.2, 0.25) is 0 Å². The normalized spacial score (nSPS) is 10.8. The smallest absolute Gasteiger partial charge is 0.250 e. The summed E-state index contributed by atoms with van der Waals surface area (Å²) in [6, 6.07) is 19.4. The van der Waals surface area contributed by atoms with Crippen LogP contribution in [0.15, 0.2) is 70.9 Å². The van der Waals surface area contributed by atoms with E-state index < -0.39 is 0 Å². The highest BCUT2D eigenvalue weighted by molar-refractivity contribution is 7.99. The maximum atomic E-state index is 11.9. The van der Waals surface area contributed by atoms with Crippen molar-refractivity contribution in [3.8, 4) is 5.75 Å². The van der Waals surface area contributed by atoms with Gasteiger partial charge in [-0.25, -0.2) is 15.4 Å². The number of aryl methyl sites for hydroxylation is 2. The summed E-state index contributed by atoms with van der Waals surface area (Å²) in [6.45, 7) is 4.33. The van der Waals surface area contributed by atoms with Crippen LogP contribution in [0.2, 0.25) is 0 Å². The van der Waals surface area contributed by atoms with Gasteiger partial charge in [0, 0.05) is 11.4 Å². The predicted molar refractivity (Wildman–Crippen MR) is 115 cm³/mol. The van der Waals surface area contributed by atoms with Gasteiger partial charge in [-0.3, -0.25) is 4.79 Å². The lowest BCUT2D eigenvalue weighted by Crippen LogP contribution is -2.19. The number of carbonyl (C=O) groups excluding carboxylic acids is 1. The number of benzene rings is 2. The van der Waals surface area contributed by atoms with E-state index in [1.54, 1.807) is 6.21 Å². The van der Waals surface area contributed by atoms with Crippen LogP contribution in [-0.4, -0.2) is 27.8 Å². The molecule has 148 valence electrons. The highest BCUT2D eigenvalue weighted by Crippen LogP contribution is 2.14. The molecule has 0 radical (unpaired) electrons. The SMILES string of the molecule is Cc1cc(C)nc(SCC(=O)N/N=C\c2ccc(OCc3ccccc3)cc2)n1. The van der Waals surface area contributed by atoms with Crippen molar-refractivity contribution in [3.63, 3.8) is 0 Å². The molecule has 0 fully saturated rings. The number of thioether (sulfide) groups is 1. The van der Waals surface area contributed by atoms with Crippen LogP contribution in [0.4, 0.5) is 0 Å². The quantitative estimate of drug-likeness (QED) is 0.266. The Balaban J connectivity index is 1.43. The summed E-state index contributed by atoms with van der Waals surface area (Å²) in [5, 5.41) is 4.58. The predicted octanol–water partition coefficient (Wildman–Crippen LogP) is 3.91. The van der Waals surface area contributed by atoms with E-state index in [4.69, 9.17) is 4.74 Å². The van der Waals surface area contributed by atoms with E-state index in [1.165, 1.54) is 11.8 Å². The van der Waals surface area contributed by atoms with Gasteiger partial charge in [-0.05, 0) is 55.3 Å². The van der Waals surface area contributed by atoms with Crippen molar-refractivity contribution in [1.82, 2.24) is 15.4 Å². The Labute approximate surface area is 174 Å². The third-order valence-electron chi connectivity index (χ3n) is 3.83. The van der Waals surface area contributed by atoms with Gasteiger partial charge in [-0.2, -0.15) is 5.10 Å². The Bertz CT molecular complexity index is 956. The first-order valence-corrected chi connectivity index (χ1v) is 10.1. The molecule has 0 aliphatic carbocycles. The Morgan fingerprint density at radius 1 is 1.07 bits per heavy atom. The summed E-state index contributed by atoms with van der Waals surface area (Å²) in [6.07, 6.45) is 1.59. The second-order valence-electron chi connectivity index (χ2n) is 6.36. The van der Waals surface area contributed by atoms with E-state index in [1.807, 2.05) is 74.5 Å². The lowest BCUT2D eigenvalue weighted by molar-refractivity contribution is -0.118. The van der Waals surface area contributed by atoms with Gasteiger partial charge >= 0.3 is 0 Å². The molecule has 1 aromatic heterocycles. The molecule has 0 unspecified atom stereocenters. The molecule has 1 heterocycles. The van der Waals surface area contributed by atoms with Gasteiger partial charge < -0.3 is 4.74 Å². The standard InChI is InChI=1S/C22H22N4O2S/c1-16-12-17(2)25-22(24-16)29-15-21(27)26-23-13-18-8-10-20(11-9-18)28-14-19-6-4-3-5-7-19/h3-13H,14-15H2,1-2H3,(H,26,27)/b23-13-. The summed E-state index contributed by atoms with van der Waals surface area (Å²) in [4.78, 5) is 20.5. The van der Waals surface area contributed by atoms with Crippen molar-refractivity contribution in [2.24, 2.45) is 5.10 Å². The van der Waals surface area contributed by atoms with Crippen molar-refractivity contribution in [1.29, 1.82) is 0 Å². The van der Waals surface area contributed by atoms with Crippen LogP contribution in [0, 0.1) is 13.8 Å². The van der Waals surface area contributed by atoms with Crippen LogP contribution in [-0.2, 0) is 11.4 Å². The van der Waals surface area contributed by atoms with Crippen molar-refractivity contribution < 1.29 is 9.53 Å². The molecule has 0 atom stereocenters. The fraction of sp³-hybridized carbons (Fsp3) is 0.182. The summed E-state index contributed by atoms with van der Waals surface area (Å²) in [5.41, 5.74) is 6.26. The molecule has 0 aliphatic heterocycles. The minimum absolute atomic E-state index is 0.201. The Hall–Kier alpha value is -3.19. The topological polar surface area (TPSA) is 76.5 Å². The first-order chi connectivity index (χ1) is 14.1. The molecule has 0 saturated heterocycles. The van der Waals surface area contributed by atoms with Crippen LogP contribution in [0.3, 0.4) is 0 Å². The fourth-order valence-electron chi connectivity index (χ4n) is 2.49. The molecule has 3 rings (SSSR count). The molecule has 2 aromatic carbocycles. The number of amides is 1. The number of nitrogens with zero attached hydrogens (tertiary/aromatic N) is 3. The van der Waals surface area contributed by atoms with Crippen molar-refractivity contribution in [2.45, 2.75) is 25.6 Å². The van der Waals surface area contributed by atoms with Crippen LogP contribution in [0.5, 0.6) is 5.75 Å². The number of ether oxygens (including phenoxy) is 1. The van der Waals surface area contributed by atoms with Gasteiger partial charge in [0.25, 0.3) is 5.91 Å². The van der Waals surface area contributed by atoms with E-state index in [2.05, 4.69) is 20.5 Å². The zero-order chi connectivity index (χ0) is 20.5. The molecule has 7 heteroatoms. The molecule has 29 heavy (non-hydrogen) atoms. The first-order valence-electron chi connectivity index (χ1n) is 9.12. The van der Waals surface area contributed by atoms with Crippen molar-refractivity contribution in [2.75, 3.05) is 5.75 Å². The van der Waals surface area contributed by atoms with Crippen LogP contribution in [0.25, 0.3) is 0 Å². The van der Waals surface area contributed by atoms with Gasteiger partial charge in [0.05, 0.1) is 12.0 Å². The second-order valence-corrected chi connectivity index (χ2v) is 7.30. The maximum Gasteiger partial charge on any atom is 0.250 e. The molecule has 1 N–H and O–H groups in total. The van der Waals surface area contributed by atoms with E-state index in [0.29, 0.717) is 11.8 Å². The van der Waals surface area contributed by atoms with E-state index in [0.717, 1.165) is 28.3 Å². The van der Waals surface area contributed by atoms with Gasteiger partial charge in [0.1, 0.15) is 12.4 Å². The molecular weight excluding hydrogens is 384 g/mol. The van der Waals surface area contributed by atoms with Crippen molar-refractivity contribution in [3.05, 3.63) is 83.2 Å². The number of hydrogen-bond acceptors (Lipinski definition) is 6. The highest BCUT2D eigenvalue weighted by Gasteiger charge is 2.05. The first kappa shape index (κ1) is 20.5. The third-order valence-corrected chi connectivity index (χ3v) is 4.67. The van der Waals surface area contributed by atoms with E-state index >= 15 is 0 Å². The Morgan fingerprint density at radius 3 is 2.45 bits per heavy atom. The molecule has 0 aliphatic rings. The molecule has 3 aromatic rings. The second kappa shape index (κ2) is 10.4. The van der Waals surface area contributed by atoms with Crippen LogP contribution < -0.4 is 10.2 Å². The fourth-order valence-corrected chi connectivity index (χ4v) is 3.23. The van der Waals surface area contributed by atoms with Crippen LogP contribution in [0.1, 0.15) is 22.5 Å². The zero-order valence-corrected chi connectivity index (χ0v) is 17.1. The lowest BCUT2D eigenvalue weighted by Gasteiger charge is -2.06. The van der Waals surface area contributed by atoms with Crippen molar-refractivity contribution >= 4 is 23.9 Å². The minimum Gasteiger partial charge on any atom is -0.489 e. The minimum atomic E-state index is -0.211. The molecule has 0 spiro atoms. The highest BCUT2D eigenvalue weighted by atomic mass is 32.2. The molecule has 0 saturated carbocycles. The van der Waals surface area contributed by atoms with E-state index in [-0.39, 0.29) is 11.7 Å². The maximum absolute atomic E-state index is 11.9. The number of hydrazone groups is 1. The summed E-state index contributed by atoms with van der Waals surface area (Å²) in [5.74, 6) is 0.767.